The number of ketones is 2. The molecule has 1 aliphatic heterocycles. The predicted octanol–water partition coefficient (Wildman–Crippen LogP) is 6.28. The van der Waals surface area contributed by atoms with Crippen LogP contribution in [0.4, 0.5) is 5.69 Å². The molecule has 2 aromatic carbocycles. The minimum absolute atomic E-state index is 0.0473. The van der Waals surface area contributed by atoms with Gasteiger partial charge >= 0.3 is 0 Å². The third-order valence-electron chi connectivity index (χ3n) is 6.55. The van der Waals surface area contributed by atoms with Gasteiger partial charge in [0.2, 0.25) is 0 Å². The minimum atomic E-state index is -0.278. The predicted molar refractivity (Wildman–Crippen MR) is 124 cm³/mol. The van der Waals surface area contributed by atoms with Crippen molar-refractivity contribution in [3.63, 3.8) is 0 Å². The summed E-state index contributed by atoms with van der Waals surface area (Å²) >= 11 is 1.62. The van der Waals surface area contributed by atoms with Crippen LogP contribution in [0.5, 0.6) is 0 Å². The first-order chi connectivity index (χ1) is 15.1. The lowest BCUT2D eigenvalue weighted by Crippen LogP contribution is -2.34. The molecule has 3 aromatic rings. The normalized spacial score (nSPS) is 20.2. The van der Waals surface area contributed by atoms with Crippen LogP contribution < -0.4 is 4.90 Å². The fourth-order valence-corrected chi connectivity index (χ4v) is 6.04. The third-order valence-corrected chi connectivity index (χ3v) is 7.48. The van der Waals surface area contributed by atoms with Crippen molar-refractivity contribution in [1.82, 2.24) is 0 Å². The van der Waals surface area contributed by atoms with Gasteiger partial charge in [0.15, 0.2) is 11.6 Å². The Labute approximate surface area is 185 Å². The average Bonchev–Trinajstić information content (AvgIpc) is 3.41. The molecule has 3 nitrogen and oxygen atoms in total. The molecular weight excluding hydrogens is 402 g/mol. The van der Waals surface area contributed by atoms with Gasteiger partial charge in [-0.2, -0.15) is 0 Å². The first kappa shape index (κ1) is 18.5. The van der Waals surface area contributed by atoms with Crippen molar-refractivity contribution in [3.8, 4) is 0 Å². The standard InChI is InChI=1S/C27H21NO2S/c1-16-11-13-17(14-12-16)28-20-8-4-9-21(29)23(20)24(22-10-5-15-31-22)25-26(28)18-6-2-3-7-19(18)27(25)30/h2-3,5-7,10-15,24H,4,8-9H2,1H3. The summed E-state index contributed by atoms with van der Waals surface area (Å²) in [6.07, 6.45) is 2.23. The summed E-state index contributed by atoms with van der Waals surface area (Å²) in [6.45, 7) is 2.07. The summed E-state index contributed by atoms with van der Waals surface area (Å²) in [6, 6.07) is 20.3. The molecule has 4 heteroatoms. The summed E-state index contributed by atoms with van der Waals surface area (Å²) in [4.78, 5) is 30.3. The topological polar surface area (TPSA) is 37.4 Å². The number of anilines is 1. The Balaban J connectivity index is 1.69. The zero-order chi connectivity index (χ0) is 21.1. The van der Waals surface area contributed by atoms with E-state index in [1.807, 2.05) is 35.7 Å². The van der Waals surface area contributed by atoms with Crippen molar-refractivity contribution >= 4 is 34.3 Å². The monoisotopic (exact) mass is 423 g/mol. The van der Waals surface area contributed by atoms with Crippen LogP contribution in [0.15, 0.2) is 82.9 Å². The second-order valence-corrected chi connectivity index (χ2v) is 9.37. The van der Waals surface area contributed by atoms with E-state index in [9.17, 15) is 9.59 Å². The summed E-state index contributed by atoms with van der Waals surface area (Å²) in [5.74, 6) is -0.0579. The number of hydrogen-bond donors (Lipinski definition) is 0. The molecule has 1 aromatic heterocycles. The van der Waals surface area contributed by atoms with Crippen LogP contribution in [-0.4, -0.2) is 11.6 Å². The maximum absolute atomic E-state index is 13.7. The molecular formula is C27H21NO2S. The van der Waals surface area contributed by atoms with Gasteiger partial charge in [-0.05, 0) is 43.3 Å². The molecule has 0 fully saturated rings. The molecule has 31 heavy (non-hydrogen) atoms. The molecule has 1 unspecified atom stereocenters. The largest absolute Gasteiger partial charge is 0.313 e. The second-order valence-electron chi connectivity index (χ2n) is 8.39. The number of benzene rings is 2. The summed E-state index contributed by atoms with van der Waals surface area (Å²) in [7, 11) is 0. The second kappa shape index (κ2) is 6.89. The molecule has 0 amide bonds. The number of aryl methyl sites for hydroxylation is 1. The van der Waals surface area contributed by atoms with Crippen LogP contribution >= 0.6 is 11.3 Å². The highest BCUT2D eigenvalue weighted by Gasteiger charge is 2.47. The van der Waals surface area contributed by atoms with Crippen molar-refractivity contribution < 1.29 is 9.59 Å². The third kappa shape index (κ3) is 2.64. The van der Waals surface area contributed by atoms with E-state index in [1.54, 1.807) is 11.3 Å². The Bertz CT molecular complexity index is 1300. The molecule has 0 bridgehead atoms. The molecule has 2 aliphatic carbocycles. The maximum atomic E-state index is 13.7. The molecule has 0 spiro atoms. The first-order valence-corrected chi connectivity index (χ1v) is 11.6. The Kier molecular flexibility index (Phi) is 4.12. The smallest absolute Gasteiger partial charge is 0.192 e. The fraction of sp³-hybridized carbons (Fsp3) is 0.185. The molecule has 0 radical (unpaired) electrons. The Hall–Kier alpha value is -3.24. The molecule has 3 aliphatic rings. The van der Waals surface area contributed by atoms with Crippen LogP contribution in [0.25, 0.3) is 5.70 Å². The lowest BCUT2D eigenvalue weighted by Gasteiger charge is -2.40. The van der Waals surface area contributed by atoms with Gasteiger partial charge < -0.3 is 4.90 Å². The number of Topliss-reactive ketones (excluding diaryl/α,β-unsaturated/α-hetero) is 2. The van der Waals surface area contributed by atoms with Gasteiger partial charge in [0, 0.05) is 45.0 Å². The molecule has 0 saturated carbocycles. The molecule has 0 saturated heterocycles. The minimum Gasteiger partial charge on any atom is -0.313 e. The van der Waals surface area contributed by atoms with E-state index >= 15 is 0 Å². The number of rotatable bonds is 2. The molecule has 0 N–H and O–H groups in total. The quantitative estimate of drug-likeness (QED) is 0.487. The van der Waals surface area contributed by atoms with Gasteiger partial charge in [0.25, 0.3) is 0 Å². The molecule has 2 heterocycles. The zero-order valence-electron chi connectivity index (χ0n) is 17.2. The summed E-state index contributed by atoms with van der Waals surface area (Å²) in [5.41, 5.74) is 7.47. The van der Waals surface area contributed by atoms with Gasteiger partial charge in [0.05, 0.1) is 11.6 Å². The van der Waals surface area contributed by atoms with E-state index in [1.165, 1.54) is 5.56 Å². The van der Waals surface area contributed by atoms with Gasteiger partial charge in [-0.15, -0.1) is 11.3 Å². The number of allylic oxidation sites excluding steroid dienone is 3. The molecule has 1 atom stereocenters. The van der Waals surface area contributed by atoms with Crippen molar-refractivity contribution in [3.05, 3.63) is 104 Å². The Morgan fingerprint density at radius 1 is 0.871 bits per heavy atom. The van der Waals surface area contributed by atoms with E-state index in [0.717, 1.165) is 57.1 Å². The summed E-state index contributed by atoms with van der Waals surface area (Å²) in [5, 5.41) is 2.03. The molecule has 6 rings (SSSR count). The number of nitrogens with zero attached hydrogens (tertiary/aromatic N) is 1. The van der Waals surface area contributed by atoms with Gasteiger partial charge in [0.1, 0.15) is 0 Å². The molecule has 152 valence electrons. The maximum Gasteiger partial charge on any atom is 0.192 e. The van der Waals surface area contributed by atoms with Gasteiger partial charge in [-0.25, -0.2) is 0 Å². The Morgan fingerprint density at radius 2 is 1.65 bits per heavy atom. The highest BCUT2D eigenvalue weighted by Crippen LogP contribution is 2.54. The van der Waals surface area contributed by atoms with Crippen LogP contribution in [0.1, 0.15) is 51.5 Å². The van der Waals surface area contributed by atoms with Crippen molar-refractivity contribution in [2.45, 2.75) is 32.1 Å². The van der Waals surface area contributed by atoms with Crippen molar-refractivity contribution in [2.75, 3.05) is 4.90 Å². The first-order valence-electron chi connectivity index (χ1n) is 10.7. The van der Waals surface area contributed by atoms with Crippen molar-refractivity contribution in [2.24, 2.45) is 0 Å². The number of fused-ring (bicyclic) bond motifs is 2. The number of carbonyl (C=O) groups excluding carboxylic acids is 2. The van der Waals surface area contributed by atoms with Gasteiger partial charge in [-0.1, -0.05) is 48.0 Å². The van der Waals surface area contributed by atoms with Crippen LogP contribution in [0.2, 0.25) is 0 Å². The SMILES string of the molecule is Cc1ccc(N2C3=C(C(=O)CCC3)C(c3cccs3)C3=C2c2ccccc2C3=O)cc1. The van der Waals surface area contributed by atoms with E-state index in [0.29, 0.717) is 6.42 Å². The highest BCUT2D eigenvalue weighted by molar-refractivity contribution is 7.10. The Morgan fingerprint density at radius 3 is 2.39 bits per heavy atom. The van der Waals surface area contributed by atoms with E-state index in [2.05, 4.69) is 42.2 Å². The lowest BCUT2D eigenvalue weighted by atomic mass is 9.76. The van der Waals surface area contributed by atoms with E-state index in [-0.39, 0.29) is 17.5 Å². The highest BCUT2D eigenvalue weighted by atomic mass is 32.1. The van der Waals surface area contributed by atoms with Crippen LogP contribution in [0, 0.1) is 6.92 Å². The number of hydrogen-bond acceptors (Lipinski definition) is 4. The number of thiophene rings is 1. The zero-order valence-corrected chi connectivity index (χ0v) is 18.0. The van der Waals surface area contributed by atoms with Crippen molar-refractivity contribution in [1.29, 1.82) is 0 Å². The number of carbonyl (C=O) groups is 2. The lowest BCUT2D eigenvalue weighted by molar-refractivity contribution is -0.116. The van der Waals surface area contributed by atoms with Crippen LogP contribution in [-0.2, 0) is 4.79 Å². The van der Waals surface area contributed by atoms with E-state index < -0.39 is 0 Å². The average molecular weight is 424 g/mol. The van der Waals surface area contributed by atoms with Crippen LogP contribution in [0.3, 0.4) is 0 Å². The van der Waals surface area contributed by atoms with E-state index in [4.69, 9.17) is 0 Å². The summed E-state index contributed by atoms with van der Waals surface area (Å²) < 4.78 is 0. The van der Waals surface area contributed by atoms with Gasteiger partial charge in [-0.3, -0.25) is 9.59 Å². The fourth-order valence-electron chi connectivity index (χ4n) is 5.20.